The molecule has 0 aromatic rings. The third kappa shape index (κ3) is 8.07. The van der Waals surface area contributed by atoms with E-state index < -0.39 is 76.6 Å². The zero-order chi connectivity index (χ0) is 21.6. The van der Waals surface area contributed by atoms with Gasteiger partial charge in [-0.25, -0.2) is 0 Å². The highest BCUT2D eigenvalue weighted by Gasteiger charge is 2.47. The molecule has 84 valence electrons. The number of rotatable bonds is 12. The van der Waals surface area contributed by atoms with Crippen LogP contribution in [0, 0.1) is 0 Å². The number of hydrogen-bond donors (Lipinski definition) is 0. The van der Waals surface area contributed by atoms with Gasteiger partial charge in [-0.3, -0.25) is 7.06 Å². The molecule has 27 heteroatoms. The SMILES string of the molecule is [B]B([B])B(B([B])[B])B(B(B([B])[B])B([B])[B])B(B([B])[B][B-])B(B([B])[B])B([B-])[B-]. The van der Waals surface area contributed by atoms with Gasteiger partial charge in [0, 0.05) is 0 Å². The third-order valence-electron chi connectivity index (χ3n) is 5.11. The molecule has 0 aliphatic carbocycles. The number of hydrogen-bond acceptors (Lipinski definition) is 0. The molecule has 0 bridgehead atoms. The van der Waals surface area contributed by atoms with Gasteiger partial charge >= 0.3 is 0 Å². The van der Waals surface area contributed by atoms with Gasteiger partial charge < -0.3 is 29.6 Å². The fourth-order valence-corrected chi connectivity index (χ4v) is 3.98. The Hall–Kier alpha value is 1.75. The highest BCUT2D eigenvalue weighted by atomic mass is 13.3. The molecule has 0 heterocycles. The predicted octanol–water partition coefficient (Wildman–Crippen LogP) is -10.3. The van der Waals surface area contributed by atoms with Gasteiger partial charge in [0.2, 0.25) is 0 Å². The first-order valence-electron chi connectivity index (χ1n) is 8.67. The molecule has 27 heavy (non-hydrogen) atoms. The minimum atomic E-state index is -0.994. The van der Waals surface area contributed by atoms with Crippen LogP contribution in [0.5, 0.6) is 0 Å². The summed E-state index contributed by atoms with van der Waals surface area (Å²) in [6.45, 7) is 0. The van der Waals surface area contributed by atoms with Crippen molar-refractivity contribution in [3.63, 3.8) is 0 Å². The van der Waals surface area contributed by atoms with Crippen molar-refractivity contribution >= 4 is 192 Å². The average molecular weight is 292 g/mol. The van der Waals surface area contributed by atoms with E-state index in [1.54, 1.807) is 0 Å². The minimum absolute atomic E-state index is 0.724. The lowest BCUT2D eigenvalue weighted by atomic mass is 8.33. The van der Waals surface area contributed by atoms with Crippen LogP contribution in [0.1, 0.15) is 0 Å². The van der Waals surface area contributed by atoms with Crippen LogP contribution in [-0.2, 0) is 0 Å². The van der Waals surface area contributed by atoms with Gasteiger partial charge in [0.1, 0.15) is 0 Å². The summed E-state index contributed by atoms with van der Waals surface area (Å²) in [7, 11) is 84.5. The first kappa shape index (κ1) is 28.8. The van der Waals surface area contributed by atoms with E-state index in [0.717, 1.165) is 0 Å². The van der Waals surface area contributed by atoms with Gasteiger partial charge in [-0.1, -0.05) is 6.39 Å². The quantitative estimate of drug-likeness (QED) is 0.313. The van der Waals surface area contributed by atoms with Crippen molar-refractivity contribution < 1.29 is 0 Å². The highest BCUT2D eigenvalue weighted by molar-refractivity contribution is 8.25. The van der Waals surface area contributed by atoms with Crippen LogP contribution in [-0.4, -0.2) is 192 Å². The molecule has 0 aliphatic heterocycles. The summed E-state index contributed by atoms with van der Waals surface area (Å²) in [4.78, 5) is 0. The molecule has 0 saturated heterocycles. The normalized spacial score (nSPS) is 9.44. The van der Waals surface area contributed by atoms with Crippen LogP contribution >= 0.6 is 0 Å². The Kier molecular flexibility index (Phi) is 14.1. The Balaban J connectivity index is 6.66. The van der Waals surface area contributed by atoms with E-state index in [-0.39, 0.29) is 0 Å². The smallest absolute Gasteiger partial charge is 0.000000000138 e. The first-order chi connectivity index (χ1) is 12.3. The van der Waals surface area contributed by atoms with Gasteiger partial charge in [-0.2, -0.15) is 0 Å². The van der Waals surface area contributed by atoms with Gasteiger partial charge in [-0.15, -0.1) is 0 Å². The van der Waals surface area contributed by atoms with Crippen LogP contribution < -0.4 is 0 Å². The molecule has 0 unspecified atom stereocenters. The van der Waals surface area contributed by atoms with Crippen LogP contribution in [0.4, 0.5) is 0 Å². The van der Waals surface area contributed by atoms with Crippen molar-refractivity contribution in [2.75, 3.05) is 0 Å². The maximum absolute atomic E-state index is 6.24. The average Bonchev–Trinajstić information content (AvgIpc) is 2.48. The molecule has 0 spiro atoms. The van der Waals surface area contributed by atoms with Crippen molar-refractivity contribution in [1.82, 2.24) is 0 Å². The molecule has 0 atom stereocenters. The summed E-state index contributed by atoms with van der Waals surface area (Å²) in [5, 5.41) is 0. The third-order valence-corrected chi connectivity index (χ3v) is 5.11. The summed E-state index contributed by atoms with van der Waals surface area (Å²) in [6, 6.07) is 0. The second-order valence-electron chi connectivity index (χ2n) is 7.12. The van der Waals surface area contributed by atoms with Gasteiger partial charge in [-0.05, 0) is 149 Å². The zero-order valence-corrected chi connectivity index (χ0v) is 15.6. The summed E-state index contributed by atoms with van der Waals surface area (Å²) < 4.78 is 0. The Labute approximate surface area is 191 Å². The monoisotopic (exact) mass is 297 g/mol. The molecular weight excluding hydrogens is 292 g/mol. The predicted molar refractivity (Wildman–Crippen MR) is 155 cm³/mol. The highest BCUT2D eigenvalue weighted by Crippen LogP contribution is 2.12. The fraction of sp³-hybridized carbons (Fsp3) is 0. The van der Waals surface area contributed by atoms with E-state index in [1.807, 2.05) is 0 Å². The van der Waals surface area contributed by atoms with Crippen molar-refractivity contribution in [3.8, 4) is 0 Å². The molecule has 0 fully saturated rings. The second kappa shape index (κ2) is 13.2. The zero-order valence-electron chi connectivity index (χ0n) is 15.6. The van der Waals surface area contributed by atoms with Crippen LogP contribution in [0.25, 0.3) is 0 Å². The van der Waals surface area contributed by atoms with Gasteiger partial charge in [0.05, 0.1) is 0 Å². The molecule has 0 amide bonds. The maximum Gasteiger partial charge on any atom is -0.000000000138 e. The molecule has 0 N–H and O–H groups in total. The Morgan fingerprint density at radius 2 is 0.741 bits per heavy atom. The van der Waals surface area contributed by atoms with E-state index >= 15 is 0 Å². The molecule has 0 aliphatic rings. The lowest BCUT2D eigenvalue weighted by Crippen LogP contribution is -2.86. The summed E-state index contributed by atoms with van der Waals surface area (Å²) in [5.74, 6) is 0. The van der Waals surface area contributed by atoms with E-state index in [4.69, 9.17) is 108 Å². The molecule has 0 saturated carbocycles. The molecule has 32 radical (unpaired) electrons. The molecule has 0 nitrogen and oxygen atoms in total. The summed E-state index contributed by atoms with van der Waals surface area (Å²) in [5.41, 5.74) is 0. The van der Waals surface area contributed by atoms with Crippen molar-refractivity contribution in [2.24, 2.45) is 0 Å². The Morgan fingerprint density at radius 1 is 0.444 bits per heavy atom. The fourth-order valence-electron chi connectivity index (χ4n) is 3.98. The largest absolute Gasteiger partial charge is 0.729 e. The summed E-state index contributed by atoms with van der Waals surface area (Å²) >= 11 is 0. The van der Waals surface area contributed by atoms with Crippen molar-refractivity contribution in [3.05, 3.63) is 0 Å². The van der Waals surface area contributed by atoms with Crippen molar-refractivity contribution in [1.29, 1.82) is 0 Å². The standard InChI is InChI=1S/B27/c1-15-22(14)26(23(16(2)3)17(4)5)27(24(18(6)7)19(8)9)25(20(10)11)21(12)13/q-3. The van der Waals surface area contributed by atoms with E-state index in [9.17, 15) is 0 Å². The second-order valence-corrected chi connectivity index (χ2v) is 7.12. The lowest BCUT2D eigenvalue weighted by Gasteiger charge is -2.56. The van der Waals surface area contributed by atoms with E-state index in [2.05, 4.69) is 0 Å². The molecule has 0 aromatic heterocycles. The first-order valence-corrected chi connectivity index (χ1v) is 8.67. The van der Waals surface area contributed by atoms with Crippen LogP contribution in [0.15, 0.2) is 0 Å². The van der Waals surface area contributed by atoms with Gasteiger partial charge in [0.25, 0.3) is 0 Å². The lowest BCUT2D eigenvalue weighted by molar-refractivity contribution is 3.27. The minimum Gasteiger partial charge on any atom is -0.729 e. The van der Waals surface area contributed by atoms with Crippen LogP contribution in [0.3, 0.4) is 0 Å². The Morgan fingerprint density at radius 3 is 0.926 bits per heavy atom. The maximum atomic E-state index is 6.24. The molecule has 0 aromatic carbocycles. The van der Waals surface area contributed by atoms with Crippen LogP contribution in [0.2, 0.25) is 0 Å². The van der Waals surface area contributed by atoms with E-state index in [0.29, 0.717) is 0 Å². The Bertz CT molecular complexity index is 329. The van der Waals surface area contributed by atoms with E-state index in [1.165, 1.54) is 7.06 Å². The van der Waals surface area contributed by atoms with Crippen molar-refractivity contribution in [2.45, 2.75) is 0 Å². The molecule has 0 rings (SSSR count). The topological polar surface area (TPSA) is 0 Å². The molecular formula is B27-3. The summed E-state index contributed by atoms with van der Waals surface area (Å²) in [6.07, 6.45) is -10.5. The van der Waals surface area contributed by atoms with Gasteiger partial charge in [0.15, 0.2) is 0 Å².